The normalized spacial score (nSPS) is 32.1. The maximum absolute atomic E-state index is 6.21. The van der Waals surface area contributed by atoms with Crippen LogP contribution < -0.4 is 0 Å². The highest BCUT2D eigenvalue weighted by Crippen LogP contribution is 2.41. The summed E-state index contributed by atoms with van der Waals surface area (Å²) in [5, 5.41) is 2.46. The smallest absolute Gasteiger partial charge is 0.190 e. The maximum atomic E-state index is 6.21. The minimum absolute atomic E-state index is 0.241. The molecule has 2 aromatic carbocycles. The van der Waals surface area contributed by atoms with Gasteiger partial charge in [0.2, 0.25) is 0 Å². The van der Waals surface area contributed by atoms with E-state index in [0.717, 1.165) is 5.56 Å². The molecule has 0 radical (unpaired) electrons. The van der Waals surface area contributed by atoms with E-state index in [0.29, 0.717) is 26.4 Å². The van der Waals surface area contributed by atoms with E-state index < -0.39 is 17.9 Å². The van der Waals surface area contributed by atoms with Crippen molar-refractivity contribution in [1.29, 1.82) is 0 Å². The Labute approximate surface area is 200 Å². The van der Waals surface area contributed by atoms with E-state index in [1.54, 1.807) is 0 Å². The second kappa shape index (κ2) is 9.66. The Morgan fingerprint density at radius 3 is 2.47 bits per heavy atom. The Kier molecular flexibility index (Phi) is 6.79. The zero-order chi connectivity index (χ0) is 23.8. The van der Waals surface area contributed by atoms with Crippen LogP contribution in [0.5, 0.6) is 0 Å². The van der Waals surface area contributed by atoms with Crippen molar-refractivity contribution in [2.75, 3.05) is 19.8 Å². The molecule has 3 aliphatic heterocycles. The lowest BCUT2D eigenvalue weighted by molar-refractivity contribution is -0.235. The largest absolute Gasteiger partial charge is 0.373 e. The Balaban J connectivity index is 1.11. The number of rotatable bonds is 8. The average molecular weight is 471 g/mol. The third-order valence-electron chi connectivity index (χ3n) is 6.27. The minimum Gasteiger partial charge on any atom is -0.373 e. The molecule has 3 heterocycles. The molecule has 5 rings (SSSR count). The fraction of sp³-hybridized carbons (Fsp3) is 0.556. The predicted molar refractivity (Wildman–Crippen MR) is 126 cm³/mol. The summed E-state index contributed by atoms with van der Waals surface area (Å²) in [6.45, 7) is 9.48. The van der Waals surface area contributed by atoms with Crippen molar-refractivity contribution in [1.82, 2.24) is 0 Å². The minimum atomic E-state index is -0.708. The van der Waals surface area contributed by atoms with E-state index in [-0.39, 0.29) is 24.4 Å². The SMILES string of the molecule is CC1(C)O[C@H]2O[C@H]([C@H]3COC(C)(C)O3)[C@H](OC/C=C\COCc3ccc4ccccc4c3)[C@H]2O1. The van der Waals surface area contributed by atoms with Crippen LogP contribution in [0.25, 0.3) is 10.8 Å². The molecule has 0 saturated carbocycles. The van der Waals surface area contributed by atoms with Crippen LogP contribution in [0.3, 0.4) is 0 Å². The second-order valence-corrected chi connectivity index (χ2v) is 9.90. The van der Waals surface area contributed by atoms with Gasteiger partial charge in [-0.2, -0.15) is 0 Å². The van der Waals surface area contributed by atoms with Gasteiger partial charge in [-0.1, -0.05) is 48.6 Å². The Bertz CT molecular complexity index is 1020. The number of benzene rings is 2. The summed E-state index contributed by atoms with van der Waals surface area (Å²) in [5.41, 5.74) is 1.16. The van der Waals surface area contributed by atoms with Gasteiger partial charge in [-0.25, -0.2) is 0 Å². The van der Waals surface area contributed by atoms with Gasteiger partial charge in [0.1, 0.15) is 24.4 Å². The fourth-order valence-electron chi connectivity index (χ4n) is 4.75. The third-order valence-corrected chi connectivity index (χ3v) is 6.27. The first kappa shape index (κ1) is 23.9. The predicted octanol–water partition coefficient (Wildman–Crippen LogP) is 4.33. The highest BCUT2D eigenvalue weighted by molar-refractivity contribution is 5.82. The summed E-state index contributed by atoms with van der Waals surface area (Å²) in [7, 11) is 0. The van der Waals surface area contributed by atoms with Gasteiger partial charge in [0, 0.05) is 0 Å². The van der Waals surface area contributed by atoms with Gasteiger partial charge in [0.15, 0.2) is 17.9 Å². The Morgan fingerprint density at radius 2 is 1.68 bits per heavy atom. The molecule has 3 saturated heterocycles. The summed E-state index contributed by atoms with van der Waals surface area (Å²) in [4.78, 5) is 0. The van der Waals surface area contributed by atoms with Gasteiger partial charge in [-0.15, -0.1) is 0 Å². The molecule has 3 fully saturated rings. The van der Waals surface area contributed by atoms with Crippen LogP contribution in [-0.2, 0) is 39.8 Å². The highest BCUT2D eigenvalue weighted by Gasteiger charge is 2.58. The summed E-state index contributed by atoms with van der Waals surface area (Å²) in [6.07, 6.45) is 2.24. The number of hydrogen-bond acceptors (Lipinski definition) is 7. The molecule has 0 spiro atoms. The van der Waals surface area contributed by atoms with Crippen molar-refractivity contribution in [2.24, 2.45) is 0 Å². The van der Waals surface area contributed by atoms with E-state index in [9.17, 15) is 0 Å². The molecule has 0 amide bonds. The highest BCUT2D eigenvalue weighted by atomic mass is 16.8. The van der Waals surface area contributed by atoms with E-state index in [4.69, 9.17) is 33.2 Å². The first-order chi connectivity index (χ1) is 16.3. The van der Waals surface area contributed by atoms with Crippen LogP contribution >= 0.6 is 0 Å². The standard InChI is InChI=1S/C27H34O7/c1-26(2)30-17-21(32-26)22-23(24-25(31-22)34-27(3,4)33-24)29-14-8-7-13-28-16-18-11-12-19-9-5-6-10-20(19)15-18/h5-12,15,21-25H,13-14,16-17H2,1-4H3/b8-7-/t21-,22-,23+,24-,25-/m1/s1. The first-order valence-electron chi connectivity index (χ1n) is 11.9. The molecule has 7 heteroatoms. The zero-order valence-electron chi connectivity index (χ0n) is 20.3. The molecule has 34 heavy (non-hydrogen) atoms. The van der Waals surface area contributed by atoms with Gasteiger partial charge >= 0.3 is 0 Å². The first-order valence-corrected chi connectivity index (χ1v) is 11.9. The van der Waals surface area contributed by atoms with E-state index in [2.05, 4.69) is 30.3 Å². The van der Waals surface area contributed by atoms with E-state index >= 15 is 0 Å². The van der Waals surface area contributed by atoms with Crippen molar-refractivity contribution < 1.29 is 33.2 Å². The summed E-state index contributed by atoms with van der Waals surface area (Å²) < 4.78 is 42.0. The number of hydrogen-bond donors (Lipinski definition) is 0. The van der Waals surface area contributed by atoms with Gasteiger partial charge < -0.3 is 33.2 Å². The molecule has 3 aliphatic rings. The van der Waals surface area contributed by atoms with Crippen molar-refractivity contribution in [3.63, 3.8) is 0 Å². The lowest BCUT2D eigenvalue weighted by atomic mass is 10.1. The monoisotopic (exact) mass is 470 g/mol. The average Bonchev–Trinajstić information content (AvgIpc) is 3.41. The number of ether oxygens (including phenoxy) is 7. The molecule has 0 N–H and O–H groups in total. The van der Waals surface area contributed by atoms with Crippen molar-refractivity contribution in [3.05, 3.63) is 60.2 Å². The quantitative estimate of drug-likeness (QED) is 0.420. The van der Waals surface area contributed by atoms with Gasteiger partial charge in [-0.3, -0.25) is 0 Å². The maximum Gasteiger partial charge on any atom is 0.190 e. The molecule has 0 aliphatic carbocycles. The van der Waals surface area contributed by atoms with Crippen LogP contribution in [0, 0.1) is 0 Å². The molecule has 0 aromatic heterocycles. The van der Waals surface area contributed by atoms with Gasteiger partial charge in [0.05, 0.1) is 26.4 Å². The van der Waals surface area contributed by atoms with Crippen LogP contribution in [0.4, 0.5) is 0 Å². The van der Waals surface area contributed by atoms with Crippen LogP contribution in [0.2, 0.25) is 0 Å². The van der Waals surface area contributed by atoms with Crippen molar-refractivity contribution in [3.8, 4) is 0 Å². The molecule has 5 atom stereocenters. The van der Waals surface area contributed by atoms with Crippen LogP contribution in [0.1, 0.15) is 33.3 Å². The van der Waals surface area contributed by atoms with Crippen LogP contribution in [0.15, 0.2) is 54.6 Å². The van der Waals surface area contributed by atoms with Crippen molar-refractivity contribution >= 4 is 10.8 Å². The summed E-state index contributed by atoms with van der Waals surface area (Å²) >= 11 is 0. The van der Waals surface area contributed by atoms with Gasteiger partial charge in [-0.05, 0) is 50.1 Å². The van der Waals surface area contributed by atoms with E-state index in [1.165, 1.54) is 10.8 Å². The zero-order valence-corrected chi connectivity index (χ0v) is 20.3. The van der Waals surface area contributed by atoms with Crippen molar-refractivity contribution in [2.45, 2.75) is 76.6 Å². The van der Waals surface area contributed by atoms with Gasteiger partial charge in [0.25, 0.3) is 0 Å². The topological polar surface area (TPSA) is 64.6 Å². The molecular weight excluding hydrogens is 436 g/mol. The molecule has 0 unspecified atom stereocenters. The second-order valence-electron chi connectivity index (χ2n) is 9.90. The Morgan fingerprint density at radius 1 is 0.882 bits per heavy atom. The lowest BCUT2D eigenvalue weighted by Gasteiger charge is -2.28. The Hall–Kier alpha value is -1.84. The fourth-order valence-corrected chi connectivity index (χ4v) is 4.75. The number of fused-ring (bicyclic) bond motifs is 2. The molecule has 7 nitrogen and oxygen atoms in total. The third kappa shape index (κ3) is 5.36. The summed E-state index contributed by atoms with van der Waals surface area (Å²) in [5.74, 6) is -1.35. The molecular formula is C27H34O7. The lowest BCUT2D eigenvalue weighted by Crippen LogP contribution is -2.44. The molecule has 184 valence electrons. The van der Waals surface area contributed by atoms with Crippen LogP contribution in [-0.4, -0.2) is 62.1 Å². The van der Waals surface area contributed by atoms with E-state index in [1.807, 2.05) is 52.0 Å². The molecule has 2 aromatic rings. The summed E-state index contributed by atoms with van der Waals surface area (Å²) in [6, 6.07) is 14.7. The molecule has 0 bridgehead atoms.